The molecule has 102 valence electrons. The minimum Gasteiger partial charge on any atom is -0.313 e. The third-order valence-corrected chi connectivity index (χ3v) is 3.38. The van der Waals surface area contributed by atoms with Gasteiger partial charge in [-0.2, -0.15) is 0 Å². The molecule has 1 saturated heterocycles. The molecule has 0 radical (unpaired) electrons. The molecule has 17 heavy (non-hydrogen) atoms. The first-order valence-corrected chi connectivity index (χ1v) is 7.18. The minimum atomic E-state index is 0.727. The Morgan fingerprint density at radius 1 is 1.18 bits per heavy atom. The number of nitrogens with zero attached hydrogens (tertiary/aromatic N) is 2. The number of rotatable bonds is 7. The second-order valence-corrected chi connectivity index (χ2v) is 6.10. The van der Waals surface area contributed by atoms with Crippen molar-refractivity contribution in [3.8, 4) is 0 Å². The van der Waals surface area contributed by atoms with Gasteiger partial charge in [-0.25, -0.2) is 0 Å². The maximum atomic E-state index is 3.66. The van der Waals surface area contributed by atoms with Crippen LogP contribution in [0.15, 0.2) is 0 Å². The minimum absolute atomic E-state index is 0.727. The van der Waals surface area contributed by atoms with E-state index in [2.05, 4.69) is 43.1 Å². The molecule has 1 rings (SSSR count). The predicted molar refractivity (Wildman–Crippen MR) is 75.5 cm³/mol. The van der Waals surface area contributed by atoms with E-state index in [0.717, 1.165) is 12.0 Å². The lowest BCUT2D eigenvalue weighted by molar-refractivity contribution is 0.188. The maximum Gasteiger partial charge on any atom is 0.0195 e. The molecule has 3 heteroatoms. The van der Waals surface area contributed by atoms with Crippen LogP contribution >= 0.6 is 0 Å². The number of hydrogen-bond donors (Lipinski definition) is 1. The van der Waals surface area contributed by atoms with Crippen molar-refractivity contribution in [1.29, 1.82) is 0 Å². The van der Waals surface area contributed by atoms with Crippen molar-refractivity contribution in [3.63, 3.8) is 0 Å². The Kier molecular flexibility index (Phi) is 7.09. The average Bonchev–Trinajstić information content (AvgIpc) is 2.26. The lowest BCUT2D eigenvalue weighted by atomic mass is 10.0. The Balaban J connectivity index is 2.32. The quantitative estimate of drug-likeness (QED) is 0.731. The van der Waals surface area contributed by atoms with Crippen LogP contribution in [-0.2, 0) is 0 Å². The van der Waals surface area contributed by atoms with Crippen LogP contribution in [0.5, 0.6) is 0 Å². The van der Waals surface area contributed by atoms with E-state index in [1.165, 1.54) is 52.0 Å². The molecule has 1 unspecified atom stereocenters. The van der Waals surface area contributed by atoms with Crippen molar-refractivity contribution in [2.75, 3.05) is 46.8 Å². The van der Waals surface area contributed by atoms with Gasteiger partial charge in [0.25, 0.3) is 0 Å². The lowest BCUT2D eigenvalue weighted by Crippen LogP contribution is -2.46. The van der Waals surface area contributed by atoms with Gasteiger partial charge in [0, 0.05) is 32.2 Å². The zero-order valence-corrected chi connectivity index (χ0v) is 12.2. The van der Waals surface area contributed by atoms with Gasteiger partial charge in [0.2, 0.25) is 0 Å². The number of hydrogen-bond acceptors (Lipinski definition) is 3. The van der Waals surface area contributed by atoms with Gasteiger partial charge < -0.3 is 15.1 Å². The second-order valence-electron chi connectivity index (χ2n) is 6.10. The topological polar surface area (TPSA) is 18.5 Å². The first-order valence-electron chi connectivity index (χ1n) is 7.18. The summed E-state index contributed by atoms with van der Waals surface area (Å²) in [5, 5.41) is 3.66. The van der Waals surface area contributed by atoms with Crippen LogP contribution in [-0.4, -0.2) is 62.7 Å². The summed E-state index contributed by atoms with van der Waals surface area (Å²) in [4.78, 5) is 4.91. The van der Waals surface area contributed by atoms with Gasteiger partial charge in [-0.15, -0.1) is 0 Å². The summed E-state index contributed by atoms with van der Waals surface area (Å²) in [6, 6.07) is 0.727. The van der Waals surface area contributed by atoms with E-state index in [4.69, 9.17) is 0 Å². The molecule has 0 aromatic carbocycles. The summed E-state index contributed by atoms with van der Waals surface area (Å²) >= 11 is 0. The van der Waals surface area contributed by atoms with Crippen molar-refractivity contribution in [3.05, 3.63) is 0 Å². The van der Waals surface area contributed by atoms with Crippen molar-refractivity contribution in [2.45, 2.75) is 39.2 Å². The smallest absolute Gasteiger partial charge is 0.0195 e. The van der Waals surface area contributed by atoms with Crippen LogP contribution in [0, 0.1) is 5.92 Å². The molecular formula is C14H31N3. The third-order valence-electron chi connectivity index (χ3n) is 3.38. The van der Waals surface area contributed by atoms with Gasteiger partial charge in [-0.3, -0.25) is 0 Å². The van der Waals surface area contributed by atoms with E-state index in [0.29, 0.717) is 0 Å². The van der Waals surface area contributed by atoms with Gasteiger partial charge in [0.15, 0.2) is 0 Å². The molecule has 0 aromatic rings. The Morgan fingerprint density at radius 3 is 2.47 bits per heavy atom. The molecule has 1 atom stereocenters. The molecule has 0 spiro atoms. The lowest BCUT2D eigenvalue weighted by Gasteiger charge is -2.32. The molecule has 3 nitrogen and oxygen atoms in total. The van der Waals surface area contributed by atoms with E-state index < -0.39 is 0 Å². The normalized spacial score (nSPS) is 21.7. The molecule has 1 heterocycles. The summed E-state index contributed by atoms with van der Waals surface area (Å²) < 4.78 is 0. The molecule has 0 amide bonds. The summed E-state index contributed by atoms with van der Waals surface area (Å²) in [7, 11) is 4.32. The zero-order valence-electron chi connectivity index (χ0n) is 12.2. The second kappa shape index (κ2) is 8.06. The van der Waals surface area contributed by atoms with Crippen molar-refractivity contribution in [2.24, 2.45) is 5.92 Å². The predicted octanol–water partition coefficient (Wildman–Crippen LogP) is 1.65. The Morgan fingerprint density at radius 2 is 1.94 bits per heavy atom. The molecule has 1 fully saturated rings. The molecule has 1 N–H and O–H groups in total. The maximum absolute atomic E-state index is 3.66. The fourth-order valence-corrected chi connectivity index (χ4v) is 2.51. The summed E-state index contributed by atoms with van der Waals surface area (Å²) in [5.41, 5.74) is 0. The molecule has 0 aliphatic carbocycles. The van der Waals surface area contributed by atoms with Crippen LogP contribution in [0.2, 0.25) is 0 Å². The molecular weight excluding hydrogens is 210 g/mol. The standard InChI is InChI=1S/C14H31N3/c1-13(2)11-17(10-9-16(3)4)12-14-7-5-6-8-15-14/h13-15H,5-12H2,1-4H3. The highest BCUT2D eigenvalue weighted by atomic mass is 15.2. The highest BCUT2D eigenvalue weighted by Crippen LogP contribution is 2.09. The Hall–Kier alpha value is -0.120. The highest BCUT2D eigenvalue weighted by Gasteiger charge is 2.17. The monoisotopic (exact) mass is 241 g/mol. The number of nitrogens with one attached hydrogen (secondary N) is 1. The summed E-state index contributed by atoms with van der Waals surface area (Å²) in [5.74, 6) is 0.765. The van der Waals surface area contributed by atoms with E-state index in [1.807, 2.05) is 0 Å². The van der Waals surface area contributed by atoms with Crippen molar-refractivity contribution < 1.29 is 0 Å². The summed E-state index contributed by atoms with van der Waals surface area (Å²) in [6.45, 7) is 10.7. The summed E-state index contributed by atoms with van der Waals surface area (Å²) in [6.07, 6.45) is 4.12. The average molecular weight is 241 g/mol. The van der Waals surface area contributed by atoms with E-state index in [1.54, 1.807) is 0 Å². The molecule has 0 saturated carbocycles. The molecule has 0 aromatic heterocycles. The highest BCUT2D eigenvalue weighted by molar-refractivity contribution is 4.77. The number of likely N-dealkylation sites (N-methyl/N-ethyl adjacent to an activating group) is 1. The molecule has 1 aliphatic rings. The van der Waals surface area contributed by atoms with Crippen molar-refractivity contribution in [1.82, 2.24) is 15.1 Å². The van der Waals surface area contributed by atoms with Crippen LogP contribution in [0.1, 0.15) is 33.1 Å². The van der Waals surface area contributed by atoms with Gasteiger partial charge in [-0.1, -0.05) is 20.3 Å². The van der Waals surface area contributed by atoms with E-state index in [9.17, 15) is 0 Å². The SMILES string of the molecule is CC(C)CN(CCN(C)C)CC1CCCCN1. The van der Waals surface area contributed by atoms with Crippen LogP contribution in [0.3, 0.4) is 0 Å². The molecule has 0 bridgehead atoms. The van der Waals surface area contributed by atoms with E-state index in [-0.39, 0.29) is 0 Å². The van der Waals surface area contributed by atoms with E-state index >= 15 is 0 Å². The van der Waals surface area contributed by atoms with Crippen LogP contribution < -0.4 is 5.32 Å². The molecule has 1 aliphatic heterocycles. The first kappa shape index (κ1) is 14.9. The fourth-order valence-electron chi connectivity index (χ4n) is 2.51. The Labute approximate surface area is 108 Å². The number of piperidine rings is 1. The van der Waals surface area contributed by atoms with Gasteiger partial charge in [0.05, 0.1) is 0 Å². The van der Waals surface area contributed by atoms with Gasteiger partial charge in [-0.05, 0) is 39.4 Å². The fraction of sp³-hybridized carbons (Fsp3) is 1.00. The van der Waals surface area contributed by atoms with Crippen LogP contribution in [0.4, 0.5) is 0 Å². The zero-order chi connectivity index (χ0) is 12.7. The van der Waals surface area contributed by atoms with Gasteiger partial charge >= 0.3 is 0 Å². The largest absolute Gasteiger partial charge is 0.313 e. The van der Waals surface area contributed by atoms with Crippen LogP contribution in [0.25, 0.3) is 0 Å². The first-order chi connectivity index (χ1) is 8.08. The third kappa shape index (κ3) is 7.02. The van der Waals surface area contributed by atoms with Gasteiger partial charge in [0.1, 0.15) is 0 Å². The Bertz CT molecular complexity index is 186. The van der Waals surface area contributed by atoms with Crippen molar-refractivity contribution >= 4 is 0 Å².